The van der Waals surface area contributed by atoms with Crippen LogP contribution in [0, 0.1) is 19.3 Å². The molecule has 2 N–H and O–H groups in total. The average molecular weight is 248 g/mol. The normalized spacial score (nSPS) is 9.56. The lowest BCUT2D eigenvalue weighted by Gasteiger charge is -2.10. The zero-order valence-corrected chi connectivity index (χ0v) is 9.77. The SMILES string of the molecule is C#CCNC(=O)Cn1cc(C(=O)O)c(=O)cc1C. The molecule has 0 aromatic carbocycles. The fourth-order valence-corrected chi connectivity index (χ4v) is 1.36. The minimum Gasteiger partial charge on any atom is -0.477 e. The summed E-state index contributed by atoms with van der Waals surface area (Å²) in [6.45, 7) is 1.62. The molecule has 94 valence electrons. The average Bonchev–Trinajstić information content (AvgIpc) is 2.29. The van der Waals surface area contributed by atoms with Crippen molar-refractivity contribution in [1.29, 1.82) is 0 Å². The number of carbonyl (C=O) groups excluding carboxylic acids is 1. The van der Waals surface area contributed by atoms with Crippen LogP contribution in [0.15, 0.2) is 17.1 Å². The van der Waals surface area contributed by atoms with E-state index in [0.29, 0.717) is 5.69 Å². The first-order valence-corrected chi connectivity index (χ1v) is 5.10. The first-order valence-electron chi connectivity index (χ1n) is 5.10. The molecule has 18 heavy (non-hydrogen) atoms. The molecular formula is C12H12N2O4. The van der Waals surface area contributed by atoms with Crippen molar-refractivity contribution in [3.05, 3.63) is 33.7 Å². The third-order valence-electron chi connectivity index (χ3n) is 2.28. The highest BCUT2D eigenvalue weighted by Gasteiger charge is 2.12. The molecule has 0 aliphatic rings. The van der Waals surface area contributed by atoms with Crippen molar-refractivity contribution >= 4 is 11.9 Å². The van der Waals surface area contributed by atoms with Crippen LogP contribution in [0.1, 0.15) is 16.1 Å². The lowest BCUT2D eigenvalue weighted by molar-refractivity contribution is -0.121. The van der Waals surface area contributed by atoms with Crippen molar-refractivity contribution in [3.63, 3.8) is 0 Å². The number of aryl methyl sites for hydroxylation is 1. The summed E-state index contributed by atoms with van der Waals surface area (Å²) in [4.78, 5) is 33.6. The van der Waals surface area contributed by atoms with E-state index in [-0.39, 0.29) is 24.6 Å². The number of carboxylic acids is 1. The second-order valence-corrected chi connectivity index (χ2v) is 3.61. The number of amides is 1. The number of carbonyl (C=O) groups is 2. The monoisotopic (exact) mass is 248 g/mol. The number of carboxylic acid groups (broad SMARTS) is 1. The number of nitrogens with one attached hydrogen (secondary N) is 1. The van der Waals surface area contributed by atoms with Crippen LogP contribution >= 0.6 is 0 Å². The number of nitrogens with zero attached hydrogens (tertiary/aromatic N) is 1. The van der Waals surface area contributed by atoms with Gasteiger partial charge in [0.05, 0.1) is 6.54 Å². The van der Waals surface area contributed by atoms with E-state index in [9.17, 15) is 14.4 Å². The molecule has 6 heteroatoms. The summed E-state index contributed by atoms with van der Waals surface area (Å²) in [6, 6.07) is 1.18. The number of aromatic carboxylic acids is 1. The molecule has 0 atom stereocenters. The van der Waals surface area contributed by atoms with Gasteiger partial charge in [-0.3, -0.25) is 9.59 Å². The number of hydrogen-bond acceptors (Lipinski definition) is 3. The van der Waals surface area contributed by atoms with Gasteiger partial charge in [-0.1, -0.05) is 5.92 Å². The molecule has 0 radical (unpaired) electrons. The van der Waals surface area contributed by atoms with Gasteiger partial charge < -0.3 is 15.0 Å². The summed E-state index contributed by atoms with van der Waals surface area (Å²) >= 11 is 0. The summed E-state index contributed by atoms with van der Waals surface area (Å²) in [7, 11) is 0. The Kier molecular flexibility index (Phi) is 4.27. The van der Waals surface area contributed by atoms with E-state index in [1.165, 1.54) is 10.6 Å². The van der Waals surface area contributed by atoms with Crippen molar-refractivity contribution in [1.82, 2.24) is 9.88 Å². The van der Waals surface area contributed by atoms with Gasteiger partial charge in [-0.2, -0.15) is 0 Å². The predicted molar refractivity (Wildman–Crippen MR) is 64.2 cm³/mol. The maximum atomic E-state index is 11.4. The fourth-order valence-electron chi connectivity index (χ4n) is 1.36. The summed E-state index contributed by atoms with van der Waals surface area (Å²) in [6.07, 6.45) is 6.14. The van der Waals surface area contributed by atoms with Crippen LogP contribution < -0.4 is 10.7 Å². The van der Waals surface area contributed by atoms with E-state index < -0.39 is 11.4 Å². The van der Waals surface area contributed by atoms with E-state index in [0.717, 1.165) is 6.20 Å². The molecule has 0 saturated carbocycles. The Balaban J connectivity index is 3.00. The minimum atomic E-state index is -1.32. The molecule has 1 aromatic rings. The Bertz CT molecular complexity index is 581. The summed E-state index contributed by atoms with van der Waals surface area (Å²) in [5, 5.41) is 11.3. The number of hydrogen-bond donors (Lipinski definition) is 2. The number of pyridine rings is 1. The highest BCUT2D eigenvalue weighted by Crippen LogP contribution is 1.99. The Morgan fingerprint density at radius 3 is 2.78 bits per heavy atom. The van der Waals surface area contributed by atoms with Crippen LogP contribution in [0.3, 0.4) is 0 Å². The van der Waals surface area contributed by atoms with Gasteiger partial charge in [0.15, 0.2) is 5.43 Å². The number of rotatable bonds is 4. The van der Waals surface area contributed by atoms with Crippen LogP contribution in [-0.4, -0.2) is 28.1 Å². The lowest BCUT2D eigenvalue weighted by Crippen LogP contribution is -2.29. The molecular weight excluding hydrogens is 236 g/mol. The molecule has 0 bridgehead atoms. The maximum absolute atomic E-state index is 11.4. The van der Waals surface area contributed by atoms with Crippen molar-refractivity contribution in [3.8, 4) is 12.3 Å². The Morgan fingerprint density at radius 1 is 1.56 bits per heavy atom. The number of aromatic nitrogens is 1. The van der Waals surface area contributed by atoms with E-state index in [2.05, 4.69) is 11.2 Å². The topological polar surface area (TPSA) is 88.4 Å². The largest absolute Gasteiger partial charge is 0.477 e. The first kappa shape index (κ1) is 13.5. The van der Waals surface area contributed by atoms with Gasteiger partial charge in [-0.25, -0.2) is 4.79 Å². The van der Waals surface area contributed by atoms with Crippen molar-refractivity contribution in [2.24, 2.45) is 0 Å². The molecule has 1 amide bonds. The standard InChI is InChI=1S/C12H12N2O4/c1-3-4-13-11(16)7-14-6-9(12(17)18)10(15)5-8(14)2/h1,5-6H,4,7H2,2H3,(H,13,16)(H,17,18). The fraction of sp³-hybridized carbons (Fsp3) is 0.250. The summed E-state index contributed by atoms with van der Waals surface area (Å²) < 4.78 is 1.39. The summed E-state index contributed by atoms with van der Waals surface area (Å²) in [5.41, 5.74) is -0.452. The van der Waals surface area contributed by atoms with Crippen molar-refractivity contribution in [2.75, 3.05) is 6.54 Å². The quantitative estimate of drug-likeness (QED) is 0.710. The minimum absolute atomic E-state index is 0.0892. The van der Waals surface area contributed by atoms with Crippen molar-refractivity contribution in [2.45, 2.75) is 13.5 Å². The highest BCUT2D eigenvalue weighted by atomic mass is 16.4. The van der Waals surface area contributed by atoms with Crippen LogP contribution in [-0.2, 0) is 11.3 Å². The van der Waals surface area contributed by atoms with Crippen LogP contribution in [0.25, 0.3) is 0 Å². The first-order chi connectivity index (χ1) is 8.45. The van der Waals surface area contributed by atoms with Crippen molar-refractivity contribution < 1.29 is 14.7 Å². The number of terminal acetylenes is 1. The molecule has 1 aromatic heterocycles. The van der Waals surface area contributed by atoms with E-state index in [4.69, 9.17) is 11.5 Å². The zero-order valence-electron chi connectivity index (χ0n) is 9.77. The Morgan fingerprint density at radius 2 is 2.22 bits per heavy atom. The molecule has 0 unspecified atom stereocenters. The van der Waals surface area contributed by atoms with Gasteiger partial charge in [0.25, 0.3) is 0 Å². The molecule has 6 nitrogen and oxygen atoms in total. The molecule has 1 rings (SSSR count). The molecule has 0 spiro atoms. The zero-order chi connectivity index (χ0) is 13.7. The molecule has 0 fully saturated rings. The van der Waals surface area contributed by atoms with Gasteiger partial charge in [-0.15, -0.1) is 6.42 Å². The van der Waals surface area contributed by atoms with Crippen LogP contribution in [0.4, 0.5) is 0 Å². The van der Waals surface area contributed by atoms with E-state index in [1.807, 2.05) is 0 Å². The van der Waals surface area contributed by atoms with E-state index in [1.54, 1.807) is 6.92 Å². The second kappa shape index (κ2) is 5.68. The van der Waals surface area contributed by atoms with Gasteiger partial charge in [0, 0.05) is 18.0 Å². The van der Waals surface area contributed by atoms with E-state index >= 15 is 0 Å². The molecule has 0 aliphatic heterocycles. The maximum Gasteiger partial charge on any atom is 0.341 e. The van der Waals surface area contributed by atoms with Gasteiger partial charge in [0.2, 0.25) is 5.91 Å². The van der Waals surface area contributed by atoms with Crippen LogP contribution in [0.2, 0.25) is 0 Å². The molecule has 0 aliphatic carbocycles. The van der Waals surface area contributed by atoms with Gasteiger partial charge in [0.1, 0.15) is 12.1 Å². The van der Waals surface area contributed by atoms with Gasteiger partial charge >= 0.3 is 5.97 Å². The Labute approximate surface area is 103 Å². The highest BCUT2D eigenvalue weighted by molar-refractivity contribution is 5.87. The third kappa shape index (κ3) is 3.22. The second-order valence-electron chi connectivity index (χ2n) is 3.61. The molecule has 0 saturated heterocycles. The predicted octanol–water partition coefficient (Wildman–Crippen LogP) is -0.396. The van der Waals surface area contributed by atoms with Gasteiger partial charge in [-0.05, 0) is 6.92 Å². The lowest BCUT2D eigenvalue weighted by atomic mass is 10.2. The van der Waals surface area contributed by atoms with Crippen LogP contribution in [0.5, 0.6) is 0 Å². The Hall–Kier alpha value is -2.55. The smallest absolute Gasteiger partial charge is 0.341 e. The molecule has 1 heterocycles. The third-order valence-corrected chi connectivity index (χ3v) is 2.28. The summed E-state index contributed by atoms with van der Waals surface area (Å²) in [5.74, 6) is 0.580.